The molecule has 2 rings (SSSR count). The van der Waals surface area contributed by atoms with Crippen molar-refractivity contribution in [2.75, 3.05) is 32.7 Å². The van der Waals surface area contributed by atoms with Gasteiger partial charge in [0.2, 0.25) is 0 Å². The van der Waals surface area contributed by atoms with E-state index in [2.05, 4.69) is 62.2 Å². The van der Waals surface area contributed by atoms with E-state index in [0.29, 0.717) is 17.8 Å². The number of hydrogen-bond donors (Lipinski definition) is 1. The standard InChI is InChI=1S/C18H30N2/c1-14(2)16-5-7-17(8-6-16)18(15(3)4)13-20-11-9-19-10-12-20/h5-8,14-15,18-19H,9-13H2,1-4H3. The maximum absolute atomic E-state index is 3.44. The Morgan fingerprint density at radius 2 is 1.50 bits per heavy atom. The lowest BCUT2D eigenvalue weighted by Gasteiger charge is -2.33. The highest BCUT2D eigenvalue weighted by molar-refractivity contribution is 5.27. The van der Waals surface area contributed by atoms with Crippen molar-refractivity contribution in [3.8, 4) is 0 Å². The Bertz CT molecular complexity index is 388. The van der Waals surface area contributed by atoms with Crippen LogP contribution in [-0.2, 0) is 0 Å². The molecule has 1 aromatic carbocycles. The average molecular weight is 274 g/mol. The Labute approximate surface area is 124 Å². The van der Waals surface area contributed by atoms with E-state index in [-0.39, 0.29) is 0 Å². The van der Waals surface area contributed by atoms with E-state index in [1.54, 1.807) is 0 Å². The van der Waals surface area contributed by atoms with Crippen molar-refractivity contribution < 1.29 is 0 Å². The molecule has 20 heavy (non-hydrogen) atoms. The Morgan fingerprint density at radius 3 is 2.00 bits per heavy atom. The van der Waals surface area contributed by atoms with Crippen LogP contribution >= 0.6 is 0 Å². The zero-order valence-electron chi connectivity index (χ0n) is 13.5. The summed E-state index contributed by atoms with van der Waals surface area (Å²) in [6.45, 7) is 15.1. The van der Waals surface area contributed by atoms with E-state index in [0.717, 1.165) is 13.1 Å². The third-order valence-corrected chi connectivity index (χ3v) is 4.50. The van der Waals surface area contributed by atoms with Crippen LogP contribution in [0.1, 0.15) is 50.7 Å². The van der Waals surface area contributed by atoms with Gasteiger partial charge in [-0.05, 0) is 28.9 Å². The second-order valence-corrected chi connectivity index (χ2v) is 6.72. The summed E-state index contributed by atoms with van der Waals surface area (Å²) in [5.41, 5.74) is 2.95. The van der Waals surface area contributed by atoms with Crippen LogP contribution in [0.5, 0.6) is 0 Å². The van der Waals surface area contributed by atoms with Crippen molar-refractivity contribution >= 4 is 0 Å². The lowest BCUT2D eigenvalue weighted by Crippen LogP contribution is -2.45. The van der Waals surface area contributed by atoms with Crippen LogP contribution in [0.2, 0.25) is 0 Å². The third-order valence-electron chi connectivity index (χ3n) is 4.50. The summed E-state index contributed by atoms with van der Waals surface area (Å²) >= 11 is 0. The van der Waals surface area contributed by atoms with Crippen LogP contribution in [0.4, 0.5) is 0 Å². The highest BCUT2D eigenvalue weighted by Crippen LogP contribution is 2.27. The van der Waals surface area contributed by atoms with Gasteiger partial charge in [0.25, 0.3) is 0 Å². The molecule has 1 saturated heterocycles. The van der Waals surface area contributed by atoms with Gasteiger partial charge in [0.1, 0.15) is 0 Å². The van der Waals surface area contributed by atoms with E-state index >= 15 is 0 Å². The van der Waals surface area contributed by atoms with Crippen molar-refractivity contribution in [2.45, 2.75) is 39.5 Å². The number of benzene rings is 1. The molecule has 0 spiro atoms. The molecule has 112 valence electrons. The zero-order chi connectivity index (χ0) is 14.5. The molecule has 1 aliphatic rings. The third kappa shape index (κ3) is 4.07. The Kier molecular flexibility index (Phi) is 5.62. The van der Waals surface area contributed by atoms with E-state index in [1.165, 1.54) is 30.8 Å². The van der Waals surface area contributed by atoms with Gasteiger partial charge >= 0.3 is 0 Å². The quantitative estimate of drug-likeness (QED) is 0.884. The Morgan fingerprint density at radius 1 is 0.950 bits per heavy atom. The molecule has 1 atom stereocenters. The molecule has 0 bridgehead atoms. The number of rotatable bonds is 5. The van der Waals surface area contributed by atoms with Gasteiger partial charge in [-0.25, -0.2) is 0 Å². The molecule has 1 N–H and O–H groups in total. The molecule has 1 fully saturated rings. The van der Waals surface area contributed by atoms with Crippen molar-refractivity contribution in [3.63, 3.8) is 0 Å². The summed E-state index contributed by atoms with van der Waals surface area (Å²) in [4.78, 5) is 2.61. The van der Waals surface area contributed by atoms with Crippen LogP contribution in [0.3, 0.4) is 0 Å². The van der Waals surface area contributed by atoms with Gasteiger partial charge in [-0.2, -0.15) is 0 Å². The summed E-state index contributed by atoms with van der Waals surface area (Å²) in [5, 5.41) is 3.44. The Balaban J connectivity index is 2.07. The molecule has 0 radical (unpaired) electrons. The predicted octanol–water partition coefficient (Wildman–Crippen LogP) is 3.45. The lowest BCUT2D eigenvalue weighted by molar-refractivity contribution is 0.212. The molecule has 0 aromatic heterocycles. The second kappa shape index (κ2) is 7.24. The molecule has 0 amide bonds. The van der Waals surface area contributed by atoms with Crippen LogP contribution in [0.25, 0.3) is 0 Å². The van der Waals surface area contributed by atoms with E-state index in [4.69, 9.17) is 0 Å². The van der Waals surface area contributed by atoms with Gasteiger partial charge in [0, 0.05) is 32.7 Å². The van der Waals surface area contributed by atoms with E-state index in [9.17, 15) is 0 Å². The maximum Gasteiger partial charge on any atom is 0.0108 e. The highest BCUT2D eigenvalue weighted by Gasteiger charge is 2.20. The molecule has 1 heterocycles. The maximum atomic E-state index is 3.44. The summed E-state index contributed by atoms with van der Waals surface area (Å²) in [5.74, 6) is 1.96. The minimum Gasteiger partial charge on any atom is -0.314 e. The summed E-state index contributed by atoms with van der Waals surface area (Å²) in [7, 11) is 0. The SMILES string of the molecule is CC(C)c1ccc(C(CN2CCNCC2)C(C)C)cc1. The largest absolute Gasteiger partial charge is 0.314 e. The number of nitrogens with zero attached hydrogens (tertiary/aromatic N) is 1. The number of hydrogen-bond acceptors (Lipinski definition) is 2. The van der Waals surface area contributed by atoms with Gasteiger partial charge in [-0.1, -0.05) is 52.0 Å². The molecule has 0 aliphatic carbocycles. The number of nitrogens with one attached hydrogen (secondary N) is 1. The van der Waals surface area contributed by atoms with E-state index in [1.807, 2.05) is 0 Å². The minimum atomic E-state index is 0.620. The Hall–Kier alpha value is -0.860. The topological polar surface area (TPSA) is 15.3 Å². The van der Waals surface area contributed by atoms with E-state index < -0.39 is 0 Å². The molecule has 2 nitrogen and oxygen atoms in total. The molecule has 1 unspecified atom stereocenters. The smallest absolute Gasteiger partial charge is 0.0108 e. The molecule has 2 heteroatoms. The van der Waals surface area contributed by atoms with Crippen molar-refractivity contribution in [1.29, 1.82) is 0 Å². The van der Waals surface area contributed by atoms with Crippen molar-refractivity contribution in [1.82, 2.24) is 10.2 Å². The first-order valence-electron chi connectivity index (χ1n) is 8.11. The highest BCUT2D eigenvalue weighted by atomic mass is 15.2. The van der Waals surface area contributed by atoms with Crippen molar-refractivity contribution in [2.24, 2.45) is 5.92 Å². The molecular formula is C18H30N2. The zero-order valence-corrected chi connectivity index (χ0v) is 13.5. The summed E-state index contributed by atoms with van der Waals surface area (Å²) in [6.07, 6.45) is 0. The predicted molar refractivity (Wildman–Crippen MR) is 87.4 cm³/mol. The van der Waals surface area contributed by atoms with Gasteiger partial charge < -0.3 is 10.2 Å². The lowest BCUT2D eigenvalue weighted by atomic mass is 9.86. The molecule has 1 aromatic rings. The average Bonchev–Trinajstić information content (AvgIpc) is 2.45. The van der Waals surface area contributed by atoms with Gasteiger partial charge in [0.15, 0.2) is 0 Å². The van der Waals surface area contributed by atoms with Crippen LogP contribution in [0.15, 0.2) is 24.3 Å². The van der Waals surface area contributed by atoms with Crippen LogP contribution < -0.4 is 5.32 Å². The van der Waals surface area contributed by atoms with Crippen LogP contribution in [-0.4, -0.2) is 37.6 Å². The molecule has 0 saturated carbocycles. The monoisotopic (exact) mass is 274 g/mol. The summed E-state index contributed by atoms with van der Waals surface area (Å²) in [6, 6.07) is 9.32. The first kappa shape index (κ1) is 15.5. The first-order valence-corrected chi connectivity index (χ1v) is 8.11. The molecular weight excluding hydrogens is 244 g/mol. The van der Waals surface area contributed by atoms with Crippen LogP contribution in [0, 0.1) is 5.92 Å². The fourth-order valence-corrected chi connectivity index (χ4v) is 3.00. The normalized spacial score (nSPS) is 18.7. The first-order chi connectivity index (χ1) is 9.58. The van der Waals surface area contributed by atoms with Crippen molar-refractivity contribution in [3.05, 3.63) is 35.4 Å². The second-order valence-electron chi connectivity index (χ2n) is 6.72. The fourth-order valence-electron chi connectivity index (χ4n) is 3.00. The summed E-state index contributed by atoms with van der Waals surface area (Å²) < 4.78 is 0. The van der Waals surface area contributed by atoms with Gasteiger partial charge in [0.05, 0.1) is 0 Å². The molecule has 1 aliphatic heterocycles. The van der Waals surface area contributed by atoms with Gasteiger partial charge in [-0.15, -0.1) is 0 Å². The number of piperazine rings is 1. The van der Waals surface area contributed by atoms with Gasteiger partial charge in [-0.3, -0.25) is 0 Å². The fraction of sp³-hybridized carbons (Fsp3) is 0.667. The minimum absolute atomic E-state index is 0.620.